The molecule has 2 heterocycles. The van der Waals surface area contributed by atoms with Gasteiger partial charge in [0, 0.05) is 30.2 Å². The molecule has 0 saturated heterocycles. The summed E-state index contributed by atoms with van der Waals surface area (Å²) in [5.74, 6) is -0.658. The zero-order valence-electron chi connectivity index (χ0n) is 18.9. The minimum Gasteiger partial charge on any atom is -0.479 e. The number of anilines is 2. The lowest BCUT2D eigenvalue weighted by molar-refractivity contribution is -0.137. The van der Waals surface area contributed by atoms with E-state index in [9.17, 15) is 22.8 Å². The molecule has 1 aliphatic rings. The van der Waals surface area contributed by atoms with Crippen LogP contribution in [0.5, 0.6) is 5.75 Å². The molecule has 0 aliphatic carbocycles. The molecule has 0 saturated carbocycles. The monoisotopic (exact) mass is 505 g/mol. The van der Waals surface area contributed by atoms with Gasteiger partial charge in [0.1, 0.15) is 12.3 Å². The number of hydrogen-bond acceptors (Lipinski definition) is 6. The average Bonchev–Trinajstić information content (AvgIpc) is 3.29. The van der Waals surface area contributed by atoms with Gasteiger partial charge >= 0.3 is 6.18 Å². The number of carbonyl (C=O) groups is 2. The molecule has 2 amide bonds. The number of thiazole rings is 1. The molecule has 0 bridgehead atoms. The maximum Gasteiger partial charge on any atom is 0.416 e. The molecule has 0 spiro atoms. The molecule has 4 rings (SSSR count). The Hall–Kier alpha value is -3.44. The quantitative estimate of drug-likeness (QED) is 0.500. The fourth-order valence-electron chi connectivity index (χ4n) is 3.59. The minimum absolute atomic E-state index is 0.0152. The van der Waals surface area contributed by atoms with E-state index in [1.807, 2.05) is 11.4 Å². The van der Waals surface area contributed by atoms with Crippen LogP contribution in [0.2, 0.25) is 0 Å². The average molecular weight is 506 g/mol. The number of amides is 2. The lowest BCUT2D eigenvalue weighted by atomic mass is 10.1. The number of carbonyl (C=O) groups excluding carboxylic acids is 2. The number of halogens is 3. The number of fused-ring (bicyclic) bond motifs is 1. The van der Waals surface area contributed by atoms with Crippen LogP contribution in [0.4, 0.5) is 24.5 Å². The van der Waals surface area contributed by atoms with Crippen LogP contribution in [0.25, 0.3) is 11.3 Å². The highest BCUT2D eigenvalue weighted by molar-refractivity contribution is 7.09. The third-order valence-corrected chi connectivity index (χ3v) is 6.22. The summed E-state index contributed by atoms with van der Waals surface area (Å²) >= 11 is 1.49. The smallest absolute Gasteiger partial charge is 0.416 e. The van der Waals surface area contributed by atoms with Gasteiger partial charge in [-0.1, -0.05) is 6.07 Å². The Kier molecular flexibility index (Phi) is 7.08. The lowest BCUT2D eigenvalue weighted by Crippen LogP contribution is -2.47. The number of rotatable bonds is 7. The van der Waals surface area contributed by atoms with Crippen LogP contribution >= 0.6 is 11.3 Å². The molecule has 0 radical (unpaired) electrons. The summed E-state index contributed by atoms with van der Waals surface area (Å²) in [6, 6.07) is 9.56. The van der Waals surface area contributed by atoms with Gasteiger partial charge in [0.2, 0.25) is 5.91 Å². The van der Waals surface area contributed by atoms with Crippen molar-refractivity contribution in [1.82, 2.24) is 4.98 Å². The molecule has 0 fully saturated rings. The van der Waals surface area contributed by atoms with Crippen molar-refractivity contribution in [2.75, 3.05) is 30.5 Å². The van der Waals surface area contributed by atoms with E-state index in [1.54, 1.807) is 26.2 Å². The van der Waals surface area contributed by atoms with E-state index < -0.39 is 36.2 Å². The van der Waals surface area contributed by atoms with Crippen LogP contribution in [0, 0.1) is 0 Å². The van der Waals surface area contributed by atoms with Crippen LogP contribution < -0.4 is 15.0 Å². The first kappa shape index (κ1) is 24.7. The van der Waals surface area contributed by atoms with Crippen molar-refractivity contribution in [2.24, 2.45) is 0 Å². The van der Waals surface area contributed by atoms with Gasteiger partial charge in [-0.05, 0) is 43.3 Å². The number of benzene rings is 2. The highest BCUT2D eigenvalue weighted by Crippen LogP contribution is 2.38. The lowest BCUT2D eigenvalue weighted by Gasteiger charge is -2.32. The van der Waals surface area contributed by atoms with Gasteiger partial charge in [0.25, 0.3) is 5.91 Å². The number of hydrogen-bond donors (Lipinski definition) is 1. The maximum absolute atomic E-state index is 13.0. The molecule has 1 aromatic heterocycles. The first-order valence-electron chi connectivity index (χ1n) is 10.7. The standard InChI is InChI=1S/C24H22F3N3O4S/c1-14-23(32)30(12-21(31)28-17-5-3-4-16(11-17)24(25,26)27)19-10-15(6-7-20(19)34-14)18-13-35-22(29-18)8-9-33-2/h3-7,10-11,13-14H,8-9,12H2,1-2H3,(H,28,31). The van der Waals surface area contributed by atoms with Crippen LogP contribution in [0.3, 0.4) is 0 Å². The van der Waals surface area contributed by atoms with Crippen molar-refractivity contribution < 1.29 is 32.2 Å². The van der Waals surface area contributed by atoms with Gasteiger partial charge in [-0.3, -0.25) is 14.5 Å². The zero-order valence-corrected chi connectivity index (χ0v) is 19.7. The SMILES string of the molecule is COCCc1nc(-c2ccc3c(c2)N(CC(=O)Nc2cccc(C(F)(F)F)c2)C(=O)C(C)O3)cs1. The van der Waals surface area contributed by atoms with Crippen LogP contribution in [-0.4, -0.2) is 43.2 Å². The third kappa shape index (κ3) is 5.63. The predicted octanol–water partition coefficient (Wildman–Crippen LogP) is 4.77. The zero-order chi connectivity index (χ0) is 25.2. The summed E-state index contributed by atoms with van der Waals surface area (Å²) in [7, 11) is 1.62. The number of nitrogens with one attached hydrogen (secondary N) is 1. The van der Waals surface area contributed by atoms with Gasteiger partial charge < -0.3 is 14.8 Å². The number of methoxy groups -OCH3 is 1. The first-order valence-corrected chi connectivity index (χ1v) is 11.6. The highest BCUT2D eigenvalue weighted by Gasteiger charge is 2.34. The number of nitrogens with zero attached hydrogens (tertiary/aromatic N) is 2. The summed E-state index contributed by atoms with van der Waals surface area (Å²) in [6.45, 7) is 1.72. The van der Waals surface area contributed by atoms with E-state index in [-0.39, 0.29) is 5.69 Å². The van der Waals surface area contributed by atoms with Crippen LogP contribution in [-0.2, 0) is 26.9 Å². The van der Waals surface area contributed by atoms with E-state index in [2.05, 4.69) is 10.3 Å². The summed E-state index contributed by atoms with van der Waals surface area (Å²) < 4.78 is 49.7. The fourth-order valence-corrected chi connectivity index (χ4v) is 4.38. The molecule has 1 atom stereocenters. The molecule has 35 heavy (non-hydrogen) atoms. The molecule has 2 aromatic carbocycles. The Labute approximate surface area is 203 Å². The van der Waals surface area contributed by atoms with Gasteiger partial charge in [0.15, 0.2) is 6.10 Å². The molecule has 3 aromatic rings. The van der Waals surface area contributed by atoms with E-state index in [4.69, 9.17) is 9.47 Å². The first-order chi connectivity index (χ1) is 16.7. The molecule has 1 unspecified atom stereocenters. The van der Waals surface area contributed by atoms with Crippen molar-refractivity contribution in [3.63, 3.8) is 0 Å². The Balaban J connectivity index is 1.57. The molecule has 1 aliphatic heterocycles. The van der Waals surface area contributed by atoms with Crippen LogP contribution in [0.1, 0.15) is 17.5 Å². The van der Waals surface area contributed by atoms with E-state index in [1.165, 1.54) is 28.4 Å². The second kappa shape index (κ2) is 10.0. The topological polar surface area (TPSA) is 80.8 Å². The van der Waals surface area contributed by atoms with Crippen LogP contribution in [0.15, 0.2) is 47.8 Å². The maximum atomic E-state index is 13.0. The van der Waals surface area contributed by atoms with Gasteiger partial charge in [-0.15, -0.1) is 11.3 Å². The largest absolute Gasteiger partial charge is 0.479 e. The molecular formula is C24H22F3N3O4S. The Morgan fingerprint density at radius 1 is 1.26 bits per heavy atom. The summed E-state index contributed by atoms with van der Waals surface area (Å²) in [5, 5.41) is 5.24. The number of alkyl halides is 3. The van der Waals surface area contributed by atoms with Crippen molar-refractivity contribution in [3.8, 4) is 17.0 Å². The normalized spacial score (nSPS) is 15.5. The van der Waals surface area contributed by atoms with Crippen molar-refractivity contribution in [1.29, 1.82) is 0 Å². The molecular weight excluding hydrogens is 483 g/mol. The third-order valence-electron chi connectivity index (χ3n) is 5.31. The van der Waals surface area contributed by atoms with E-state index >= 15 is 0 Å². The Bertz CT molecular complexity index is 1240. The predicted molar refractivity (Wildman–Crippen MR) is 126 cm³/mol. The van der Waals surface area contributed by atoms with Crippen molar-refractivity contribution >= 4 is 34.5 Å². The van der Waals surface area contributed by atoms with Crippen molar-refractivity contribution in [3.05, 3.63) is 58.4 Å². The Morgan fingerprint density at radius 3 is 2.80 bits per heavy atom. The molecule has 184 valence electrons. The summed E-state index contributed by atoms with van der Waals surface area (Å²) in [4.78, 5) is 31.5. The summed E-state index contributed by atoms with van der Waals surface area (Å²) in [6.07, 6.45) is -4.69. The highest BCUT2D eigenvalue weighted by atomic mass is 32.1. The van der Waals surface area contributed by atoms with Gasteiger partial charge in [0.05, 0.1) is 28.6 Å². The molecule has 1 N–H and O–H groups in total. The van der Waals surface area contributed by atoms with Crippen molar-refractivity contribution in [2.45, 2.75) is 25.6 Å². The summed E-state index contributed by atoms with van der Waals surface area (Å²) in [5.41, 5.74) is 0.936. The number of ether oxygens (including phenoxy) is 2. The van der Waals surface area contributed by atoms with Gasteiger partial charge in [-0.25, -0.2) is 4.98 Å². The second-order valence-electron chi connectivity index (χ2n) is 7.86. The van der Waals surface area contributed by atoms with Gasteiger partial charge in [-0.2, -0.15) is 13.2 Å². The second-order valence-corrected chi connectivity index (χ2v) is 8.81. The van der Waals surface area contributed by atoms with E-state index in [0.29, 0.717) is 30.2 Å². The molecule has 11 heteroatoms. The number of aromatic nitrogens is 1. The molecule has 7 nitrogen and oxygen atoms in total. The van der Waals surface area contributed by atoms with E-state index in [0.717, 1.165) is 22.7 Å². The minimum atomic E-state index is -4.54. The Morgan fingerprint density at radius 2 is 2.06 bits per heavy atom. The fraction of sp³-hybridized carbons (Fsp3) is 0.292.